The number of anilines is 3. The Morgan fingerprint density at radius 3 is 2.60 bits per heavy atom. The molecule has 1 N–H and O–H groups in total. The summed E-state index contributed by atoms with van der Waals surface area (Å²) in [6.07, 6.45) is 0. The number of nitriles is 1. The van der Waals surface area contributed by atoms with Crippen LogP contribution >= 0.6 is 23.2 Å². The van der Waals surface area contributed by atoms with Gasteiger partial charge < -0.3 is 10.2 Å². The molecule has 0 saturated heterocycles. The lowest BCUT2D eigenvalue weighted by atomic mass is 10.2. The van der Waals surface area contributed by atoms with Crippen LogP contribution in [0.2, 0.25) is 10.0 Å². The van der Waals surface area contributed by atoms with Crippen molar-refractivity contribution in [3.8, 4) is 6.07 Å². The van der Waals surface area contributed by atoms with Crippen LogP contribution in [0.25, 0.3) is 0 Å². The lowest BCUT2D eigenvalue weighted by Crippen LogP contribution is -2.14. The topological polar surface area (TPSA) is 52.0 Å². The summed E-state index contributed by atoms with van der Waals surface area (Å²) in [5.41, 5.74) is 1.28. The van der Waals surface area contributed by atoms with Crippen LogP contribution in [0, 0.1) is 11.3 Å². The van der Waals surface area contributed by atoms with Crippen molar-refractivity contribution >= 4 is 40.5 Å². The Bertz CT molecular complexity index is 679. The maximum absolute atomic E-state index is 9.16. The summed E-state index contributed by atoms with van der Waals surface area (Å²) in [5, 5.41) is 12.9. The number of hydrogen-bond acceptors (Lipinski definition) is 4. The van der Waals surface area contributed by atoms with Gasteiger partial charge in [0.15, 0.2) is 5.82 Å². The predicted octanol–water partition coefficient (Wildman–Crippen LogP) is 4.07. The Balaban J connectivity index is 2.54. The number of hydrogen-bond donors (Lipinski definition) is 1. The summed E-state index contributed by atoms with van der Waals surface area (Å²) in [6.45, 7) is 0. The van der Waals surface area contributed by atoms with Crippen LogP contribution in [0.4, 0.5) is 17.3 Å². The van der Waals surface area contributed by atoms with Crippen molar-refractivity contribution in [1.29, 1.82) is 5.26 Å². The van der Waals surface area contributed by atoms with Gasteiger partial charge in [-0.2, -0.15) is 5.26 Å². The number of benzene rings is 1. The highest BCUT2D eigenvalue weighted by atomic mass is 35.5. The summed E-state index contributed by atoms with van der Waals surface area (Å²) in [5.74, 6) is 1.07. The molecular formula is C14H12Cl2N4. The molecule has 0 amide bonds. The Hall–Kier alpha value is -1.96. The molecule has 0 radical (unpaired) electrons. The van der Waals surface area contributed by atoms with E-state index in [1.807, 2.05) is 18.2 Å². The summed E-state index contributed by atoms with van der Waals surface area (Å²) in [6, 6.07) is 11.0. The smallest absolute Gasteiger partial charge is 0.154 e. The minimum atomic E-state index is 0.421. The summed E-state index contributed by atoms with van der Waals surface area (Å²) in [4.78, 5) is 6.15. The Labute approximate surface area is 127 Å². The van der Waals surface area contributed by atoms with Crippen molar-refractivity contribution in [3.05, 3.63) is 45.9 Å². The lowest BCUT2D eigenvalue weighted by molar-refractivity contribution is 1.12. The van der Waals surface area contributed by atoms with Crippen LogP contribution < -0.4 is 10.2 Å². The fraction of sp³-hybridized carbons (Fsp3) is 0.143. The molecule has 0 atom stereocenters. The maximum atomic E-state index is 9.16. The quantitative estimate of drug-likeness (QED) is 0.928. The Morgan fingerprint density at radius 2 is 1.95 bits per heavy atom. The first-order valence-corrected chi connectivity index (χ1v) is 6.60. The van der Waals surface area contributed by atoms with Crippen LogP contribution in [-0.2, 0) is 0 Å². The van der Waals surface area contributed by atoms with Crippen molar-refractivity contribution in [2.24, 2.45) is 0 Å². The van der Waals surface area contributed by atoms with Crippen LogP contribution in [0.15, 0.2) is 30.3 Å². The average molecular weight is 307 g/mol. The van der Waals surface area contributed by atoms with Crippen LogP contribution in [-0.4, -0.2) is 19.1 Å². The van der Waals surface area contributed by atoms with E-state index >= 15 is 0 Å². The largest absolute Gasteiger partial charge is 0.372 e. The highest BCUT2D eigenvalue weighted by Crippen LogP contribution is 2.34. The summed E-state index contributed by atoms with van der Waals surface area (Å²) >= 11 is 12.2. The summed E-state index contributed by atoms with van der Waals surface area (Å²) in [7, 11) is 3.53. The second-order valence-corrected chi connectivity index (χ2v) is 4.88. The van der Waals surface area contributed by atoms with Gasteiger partial charge in [-0.05, 0) is 18.2 Å². The van der Waals surface area contributed by atoms with Gasteiger partial charge >= 0.3 is 0 Å². The van der Waals surface area contributed by atoms with E-state index in [0.29, 0.717) is 27.2 Å². The van der Waals surface area contributed by atoms with E-state index in [0.717, 1.165) is 5.69 Å². The molecule has 4 nitrogen and oxygen atoms in total. The minimum Gasteiger partial charge on any atom is -0.372 e. The van der Waals surface area contributed by atoms with E-state index in [9.17, 15) is 0 Å². The zero-order valence-corrected chi connectivity index (χ0v) is 12.5. The van der Waals surface area contributed by atoms with Gasteiger partial charge in [-0.25, -0.2) is 4.98 Å². The van der Waals surface area contributed by atoms with Gasteiger partial charge in [0.2, 0.25) is 0 Å². The van der Waals surface area contributed by atoms with Gasteiger partial charge in [0.05, 0.1) is 21.3 Å². The zero-order valence-electron chi connectivity index (χ0n) is 11.0. The van der Waals surface area contributed by atoms with Gasteiger partial charge in [-0.1, -0.05) is 35.3 Å². The number of aromatic nitrogens is 1. The molecule has 0 saturated carbocycles. The second-order valence-electron chi connectivity index (χ2n) is 4.06. The maximum Gasteiger partial charge on any atom is 0.154 e. The molecule has 0 spiro atoms. The first-order chi connectivity index (χ1) is 9.58. The lowest BCUT2D eigenvalue weighted by Gasteiger charge is -2.21. The highest BCUT2D eigenvalue weighted by Gasteiger charge is 2.15. The van der Waals surface area contributed by atoms with Crippen molar-refractivity contribution in [3.63, 3.8) is 0 Å². The number of nitrogens with zero attached hydrogens (tertiary/aromatic N) is 3. The molecule has 0 aliphatic rings. The molecular weight excluding hydrogens is 295 g/mol. The van der Waals surface area contributed by atoms with Crippen molar-refractivity contribution in [1.82, 2.24) is 4.98 Å². The number of rotatable bonds is 3. The van der Waals surface area contributed by atoms with Gasteiger partial charge in [0, 0.05) is 14.1 Å². The molecule has 0 bridgehead atoms. The van der Waals surface area contributed by atoms with Crippen LogP contribution in [0.3, 0.4) is 0 Å². The standard InChI is InChI=1S/C14H12Cl2N4/c1-18-13-10(15)7-11(16)14(19-13)20(2)12-6-4-3-5-9(12)8-17/h3-7H,1-2H3,(H,18,19). The average Bonchev–Trinajstić information content (AvgIpc) is 2.46. The van der Waals surface area contributed by atoms with Crippen LogP contribution in [0.5, 0.6) is 0 Å². The highest BCUT2D eigenvalue weighted by molar-refractivity contribution is 6.37. The third-order valence-electron chi connectivity index (χ3n) is 2.85. The van der Waals surface area contributed by atoms with E-state index in [1.54, 1.807) is 31.1 Å². The first kappa shape index (κ1) is 14.4. The van der Waals surface area contributed by atoms with Gasteiger partial charge in [0.1, 0.15) is 11.9 Å². The fourth-order valence-corrected chi connectivity index (χ4v) is 2.42. The molecule has 2 rings (SSSR count). The Morgan fingerprint density at radius 1 is 1.25 bits per heavy atom. The molecule has 0 unspecified atom stereocenters. The monoisotopic (exact) mass is 306 g/mol. The molecule has 20 heavy (non-hydrogen) atoms. The number of pyridine rings is 1. The minimum absolute atomic E-state index is 0.421. The van der Waals surface area contributed by atoms with E-state index in [1.165, 1.54) is 0 Å². The van der Waals surface area contributed by atoms with Crippen LogP contribution in [0.1, 0.15) is 5.56 Å². The van der Waals surface area contributed by atoms with Gasteiger partial charge in [-0.3, -0.25) is 0 Å². The van der Waals surface area contributed by atoms with E-state index in [-0.39, 0.29) is 0 Å². The molecule has 6 heteroatoms. The van der Waals surface area contributed by atoms with Crippen molar-refractivity contribution in [2.45, 2.75) is 0 Å². The fourth-order valence-electron chi connectivity index (χ4n) is 1.84. The first-order valence-electron chi connectivity index (χ1n) is 5.85. The molecule has 0 aliphatic heterocycles. The molecule has 0 fully saturated rings. The van der Waals surface area contributed by atoms with Crippen molar-refractivity contribution in [2.75, 3.05) is 24.3 Å². The Kier molecular flexibility index (Phi) is 4.33. The van der Waals surface area contributed by atoms with Crippen molar-refractivity contribution < 1.29 is 0 Å². The third kappa shape index (κ3) is 2.64. The normalized spacial score (nSPS) is 9.95. The van der Waals surface area contributed by atoms with Gasteiger partial charge in [-0.15, -0.1) is 0 Å². The van der Waals surface area contributed by atoms with E-state index in [4.69, 9.17) is 28.5 Å². The number of halogens is 2. The number of nitrogens with one attached hydrogen (secondary N) is 1. The SMILES string of the molecule is CNc1nc(N(C)c2ccccc2C#N)c(Cl)cc1Cl. The third-order valence-corrected chi connectivity index (χ3v) is 3.42. The molecule has 102 valence electrons. The zero-order chi connectivity index (χ0) is 14.7. The summed E-state index contributed by atoms with van der Waals surface area (Å²) < 4.78 is 0. The molecule has 1 heterocycles. The molecule has 0 aliphatic carbocycles. The van der Waals surface area contributed by atoms with Gasteiger partial charge in [0.25, 0.3) is 0 Å². The second kappa shape index (κ2) is 6.00. The predicted molar refractivity (Wildman–Crippen MR) is 83.0 cm³/mol. The molecule has 2 aromatic rings. The molecule has 1 aromatic heterocycles. The van der Waals surface area contributed by atoms with E-state index < -0.39 is 0 Å². The molecule has 1 aromatic carbocycles. The van der Waals surface area contributed by atoms with E-state index in [2.05, 4.69) is 16.4 Å². The number of para-hydroxylation sites is 1.